The normalized spacial score (nSPS) is 14.5. The van der Waals surface area contributed by atoms with E-state index in [0.29, 0.717) is 12.0 Å². The number of amides is 1. The number of hydrogen-bond donors (Lipinski definition) is 0. The van der Waals surface area contributed by atoms with Crippen molar-refractivity contribution in [2.75, 3.05) is 13.1 Å². The van der Waals surface area contributed by atoms with Gasteiger partial charge < -0.3 is 9.47 Å². The van der Waals surface area contributed by atoms with Crippen LogP contribution in [0.2, 0.25) is 0 Å². The third-order valence-corrected chi connectivity index (χ3v) is 5.06. The molecule has 1 aliphatic rings. The van der Waals surface area contributed by atoms with Crippen molar-refractivity contribution in [3.63, 3.8) is 0 Å². The van der Waals surface area contributed by atoms with Crippen LogP contribution in [0.4, 0.5) is 0 Å². The molecule has 1 aliphatic heterocycles. The zero-order chi connectivity index (χ0) is 18.8. The van der Waals surface area contributed by atoms with E-state index in [2.05, 4.69) is 4.98 Å². The first-order valence-electron chi connectivity index (χ1n) is 9.47. The Hall–Kier alpha value is -2.95. The number of aromatic nitrogens is 2. The number of fused-ring (bicyclic) bond motifs is 1. The molecule has 5 nitrogen and oxygen atoms in total. The first-order chi connectivity index (χ1) is 13.1. The number of carbonyl (C=O) groups is 2. The number of likely N-dealkylation sites (tertiary alicyclic amines) is 1. The number of hydrogen-bond acceptors (Lipinski definition) is 3. The van der Waals surface area contributed by atoms with Crippen LogP contribution in [0.3, 0.4) is 0 Å². The van der Waals surface area contributed by atoms with Crippen LogP contribution in [-0.2, 0) is 11.2 Å². The molecule has 0 N–H and O–H groups in total. The largest absolute Gasteiger partial charge is 0.339 e. The fraction of sp³-hybridized carbons (Fsp3) is 0.318. The van der Waals surface area contributed by atoms with Gasteiger partial charge in [-0.05, 0) is 56.0 Å². The fourth-order valence-electron chi connectivity index (χ4n) is 3.73. The minimum Gasteiger partial charge on any atom is -0.339 e. The Morgan fingerprint density at radius 2 is 1.89 bits per heavy atom. The van der Waals surface area contributed by atoms with E-state index in [1.807, 2.05) is 52.1 Å². The molecule has 4 rings (SSSR count). The molecule has 0 aliphatic carbocycles. The smallest absolute Gasteiger partial charge is 0.255 e. The molecule has 0 bridgehead atoms. The van der Waals surface area contributed by atoms with Gasteiger partial charge in [0.15, 0.2) is 0 Å². The third-order valence-electron chi connectivity index (χ3n) is 5.06. The van der Waals surface area contributed by atoms with E-state index in [0.717, 1.165) is 48.2 Å². The summed E-state index contributed by atoms with van der Waals surface area (Å²) in [5.41, 5.74) is 3.41. The summed E-state index contributed by atoms with van der Waals surface area (Å²) >= 11 is 0. The van der Waals surface area contributed by atoms with Gasteiger partial charge in [0.2, 0.25) is 0 Å². The predicted molar refractivity (Wildman–Crippen MR) is 105 cm³/mol. The van der Waals surface area contributed by atoms with Crippen molar-refractivity contribution in [3.8, 4) is 5.69 Å². The van der Waals surface area contributed by atoms with Gasteiger partial charge in [0.25, 0.3) is 5.91 Å². The molecular weight excluding hydrogens is 338 g/mol. The van der Waals surface area contributed by atoms with E-state index in [-0.39, 0.29) is 11.7 Å². The number of piperidine rings is 1. The Morgan fingerprint density at radius 3 is 2.67 bits per heavy atom. The first kappa shape index (κ1) is 17.5. The molecule has 1 amide bonds. The molecule has 0 spiro atoms. The lowest BCUT2D eigenvalue weighted by Crippen LogP contribution is -2.35. The standard InChI is InChI=1S/C22H23N3O2/c1-16(26)12-17-6-5-7-20(13-17)25-11-8-18-14-19(15-23-21(18)25)22(27)24-9-3-2-4-10-24/h5-8,11,13-15H,2-4,9-10,12H2,1H3. The van der Waals surface area contributed by atoms with E-state index in [1.54, 1.807) is 13.1 Å². The van der Waals surface area contributed by atoms with Gasteiger partial charge in [-0.2, -0.15) is 0 Å². The van der Waals surface area contributed by atoms with Gasteiger partial charge in [0, 0.05) is 43.0 Å². The van der Waals surface area contributed by atoms with Crippen molar-refractivity contribution in [1.82, 2.24) is 14.5 Å². The monoisotopic (exact) mass is 361 g/mol. The number of carbonyl (C=O) groups excluding carboxylic acids is 2. The van der Waals surface area contributed by atoms with Crippen molar-refractivity contribution < 1.29 is 9.59 Å². The number of pyridine rings is 1. The molecular formula is C22H23N3O2. The van der Waals surface area contributed by atoms with Crippen LogP contribution >= 0.6 is 0 Å². The second kappa shape index (κ2) is 7.35. The van der Waals surface area contributed by atoms with Crippen molar-refractivity contribution in [3.05, 3.63) is 59.9 Å². The van der Waals surface area contributed by atoms with Gasteiger partial charge in [-0.15, -0.1) is 0 Å². The molecule has 3 heterocycles. The molecule has 1 aromatic carbocycles. The average Bonchev–Trinajstić information content (AvgIpc) is 3.11. The van der Waals surface area contributed by atoms with Gasteiger partial charge in [-0.1, -0.05) is 12.1 Å². The summed E-state index contributed by atoms with van der Waals surface area (Å²) in [7, 11) is 0. The summed E-state index contributed by atoms with van der Waals surface area (Å²) in [6, 6.07) is 11.8. The predicted octanol–water partition coefficient (Wildman–Crippen LogP) is 3.78. The Labute approximate surface area is 158 Å². The summed E-state index contributed by atoms with van der Waals surface area (Å²) < 4.78 is 1.99. The minimum atomic E-state index is 0.0697. The SMILES string of the molecule is CC(=O)Cc1cccc(-n2ccc3cc(C(=O)N4CCCCC4)cnc32)c1. The molecule has 1 saturated heterocycles. The van der Waals surface area contributed by atoms with E-state index in [9.17, 15) is 9.59 Å². The van der Waals surface area contributed by atoms with E-state index >= 15 is 0 Å². The lowest BCUT2D eigenvalue weighted by molar-refractivity contribution is -0.116. The molecule has 0 radical (unpaired) electrons. The van der Waals surface area contributed by atoms with E-state index < -0.39 is 0 Å². The lowest BCUT2D eigenvalue weighted by Gasteiger charge is -2.26. The number of nitrogens with zero attached hydrogens (tertiary/aromatic N) is 3. The van der Waals surface area contributed by atoms with E-state index in [4.69, 9.17) is 0 Å². The highest BCUT2D eigenvalue weighted by Crippen LogP contribution is 2.22. The minimum absolute atomic E-state index is 0.0697. The van der Waals surface area contributed by atoms with Crippen LogP contribution in [0.5, 0.6) is 0 Å². The van der Waals surface area contributed by atoms with Crippen molar-refractivity contribution in [1.29, 1.82) is 0 Å². The van der Waals surface area contributed by atoms with Crippen molar-refractivity contribution in [2.45, 2.75) is 32.6 Å². The van der Waals surface area contributed by atoms with Crippen LogP contribution < -0.4 is 0 Å². The Balaban J connectivity index is 1.65. The van der Waals surface area contributed by atoms with Gasteiger partial charge in [-0.3, -0.25) is 9.59 Å². The topological polar surface area (TPSA) is 55.2 Å². The quantitative estimate of drug-likeness (QED) is 0.710. The van der Waals surface area contributed by atoms with Crippen LogP contribution in [0.25, 0.3) is 16.7 Å². The Bertz CT molecular complexity index is 1000. The molecule has 2 aromatic heterocycles. The maximum Gasteiger partial charge on any atom is 0.255 e. The highest BCUT2D eigenvalue weighted by atomic mass is 16.2. The van der Waals surface area contributed by atoms with Crippen molar-refractivity contribution in [2.24, 2.45) is 0 Å². The average molecular weight is 361 g/mol. The maximum absolute atomic E-state index is 12.7. The summed E-state index contributed by atoms with van der Waals surface area (Å²) in [5.74, 6) is 0.212. The molecule has 3 aromatic rings. The maximum atomic E-state index is 12.7. The summed E-state index contributed by atoms with van der Waals surface area (Å²) in [4.78, 5) is 30.6. The Morgan fingerprint density at radius 1 is 1.07 bits per heavy atom. The molecule has 138 valence electrons. The van der Waals surface area contributed by atoms with Crippen LogP contribution in [-0.4, -0.2) is 39.2 Å². The number of Topliss-reactive ketones (excluding diaryl/α,β-unsaturated/α-hetero) is 1. The fourth-order valence-corrected chi connectivity index (χ4v) is 3.73. The Kier molecular flexibility index (Phi) is 4.75. The van der Waals surface area contributed by atoms with Gasteiger partial charge >= 0.3 is 0 Å². The molecule has 0 atom stereocenters. The second-order valence-corrected chi connectivity index (χ2v) is 7.22. The highest BCUT2D eigenvalue weighted by molar-refractivity contribution is 5.97. The zero-order valence-corrected chi connectivity index (χ0v) is 15.5. The van der Waals surface area contributed by atoms with Gasteiger partial charge in [0.1, 0.15) is 11.4 Å². The molecule has 0 unspecified atom stereocenters. The second-order valence-electron chi connectivity index (χ2n) is 7.22. The van der Waals surface area contributed by atoms with Crippen LogP contribution in [0.1, 0.15) is 42.1 Å². The summed E-state index contributed by atoms with van der Waals surface area (Å²) in [5, 5.41) is 0.940. The number of benzene rings is 1. The molecule has 0 saturated carbocycles. The van der Waals surface area contributed by atoms with Gasteiger partial charge in [0.05, 0.1) is 5.56 Å². The zero-order valence-electron chi connectivity index (χ0n) is 15.5. The molecule has 1 fully saturated rings. The highest BCUT2D eigenvalue weighted by Gasteiger charge is 2.19. The molecule has 5 heteroatoms. The number of ketones is 1. The summed E-state index contributed by atoms with van der Waals surface area (Å²) in [6.07, 6.45) is 7.42. The number of rotatable bonds is 4. The first-order valence-corrected chi connectivity index (χ1v) is 9.47. The van der Waals surface area contributed by atoms with Crippen LogP contribution in [0, 0.1) is 0 Å². The lowest BCUT2D eigenvalue weighted by atomic mass is 10.1. The third kappa shape index (κ3) is 3.63. The van der Waals surface area contributed by atoms with Crippen LogP contribution in [0.15, 0.2) is 48.8 Å². The van der Waals surface area contributed by atoms with E-state index in [1.165, 1.54) is 6.42 Å². The summed E-state index contributed by atoms with van der Waals surface area (Å²) in [6.45, 7) is 3.27. The van der Waals surface area contributed by atoms with Crippen molar-refractivity contribution >= 4 is 22.7 Å². The van der Waals surface area contributed by atoms with Gasteiger partial charge in [-0.25, -0.2) is 4.98 Å². The molecule has 27 heavy (non-hydrogen) atoms.